The van der Waals surface area contributed by atoms with Crippen LogP contribution < -0.4 is 10.2 Å². The van der Waals surface area contributed by atoms with E-state index in [9.17, 15) is 0 Å². The van der Waals surface area contributed by atoms with Gasteiger partial charge in [0.05, 0.1) is 23.6 Å². The van der Waals surface area contributed by atoms with Gasteiger partial charge in [-0.05, 0) is 19.9 Å². The molecule has 0 amide bonds. The van der Waals surface area contributed by atoms with E-state index in [2.05, 4.69) is 52.6 Å². The van der Waals surface area contributed by atoms with E-state index in [1.807, 2.05) is 34.8 Å². The van der Waals surface area contributed by atoms with Gasteiger partial charge in [-0.15, -0.1) is 0 Å². The first-order valence-electron chi connectivity index (χ1n) is 8.07. The van der Waals surface area contributed by atoms with Crippen molar-refractivity contribution < 1.29 is 0 Å². The highest BCUT2D eigenvalue weighted by molar-refractivity contribution is 5.75. The summed E-state index contributed by atoms with van der Waals surface area (Å²) in [6.45, 7) is 6.48. The van der Waals surface area contributed by atoms with E-state index in [0.717, 1.165) is 29.7 Å². The minimum atomic E-state index is 0.489. The number of anilines is 1. The maximum absolute atomic E-state index is 4.56. The Labute approximate surface area is 135 Å². The molecule has 0 unspecified atom stereocenters. The van der Waals surface area contributed by atoms with E-state index in [1.54, 1.807) is 0 Å². The molecule has 6 heteroatoms. The Bertz CT molecular complexity index is 823. The molecule has 4 rings (SSSR count). The second-order valence-electron chi connectivity index (χ2n) is 6.55. The summed E-state index contributed by atoms with van der Waals surface area (Å²) >= 11 is 0. The number of piperazine rings is 1. The third-order valence-corrected chi connectivity index (χ3v) is 4.43. The smallest absolute Gasteiger partial charge is 0.0896 e. The lowest BCUT2D eigenvalue weighted by Crippen LogP contribution is -2.54. The molecule has 1 fully saturated rings. The summed E-state index contributed by atoms with van der Waals surface area (Å²) in [6, 6.07) is 5.28. The van der Waals surface area contributed by atoms with E-state index in [1.165, 1.54) is 5.69 Å². The molecule has 0 bridgehead atoms. The van der Waals surface area contributed by atoms with Crippen LogP contribution in [0.2, 0.25) is 0 Å². The summed E-state index contributed by atoms with van der Waals surface area (Å²) in [7, 11) is 1.93. The Kier molecular flexibility index (Phi) is 3.34. The molecule has 1 N–H and O–H groups in total. The molecule has 0 aromatic carbocycles. The standard InChI is InChI=1S/C17H22N6/c1-12-8-22(9-13(2)20-12)17-7-19-23-11-14(4-5-16(17)23)15-6-18-21(3)10-15/h4-7,10-13,20H,8-9H2,1-3H3/t12-,13-/m1/s1. The average Bonchev–Trinajstić information content (AvgIpc) is 3.11. The van der Waals surface area contributed by atoms with Gasteiger partial charge >= 0.3 is 0 Å². The van der Waals surface area contributed by atoms with Crippen molar-refractivity contribution in [3.63, 3.8) is 0 Å². The van der Waals surface area contributed by atoms with Crippen LogP contribution in [-0.2, 0) is 7.05 Å². The van der Waals surface area contributed by atoms with Crippen LogP contribution in [0.1, 0.15) is 13.8 Å². The average molecular weight is 310 g/mol. The van der Waals surface area contributed by atoms with Crippen molar-refractivity contribution in [1.82, 2.24) is 24.7 Å². The molecule has 0 radical (unpaired) electrons. The van der Waals surface area contributed by atoms with Gasteiger partial charge in [-0.2, -0.15) is 10.2 Å². The van der Waals surface area contributed by atoms with E-state index in [0.29, 0.717) is 12.1 Å². The van der Waals surface area contributed by atoms with Gasteiger partial charge in [-0.3, -0.25) is 4.68 Å². The molecule has 120 valence electrons. The number of aryl methyl sites for hydroxylation is 1. The van der Waals surface area contributed by atoms with Crippen molar-refractivity contribution in [2.24, 2.45) is 7.05 Å². The Morgan fingerprint density at radius 2 is 1.78 bits per heavy atom. The maximum Gasteiger partial charge on any atom is 0.0896 e. The third-order valence-electron chi connectivity index (χ3n) is 4.43. The lowest BCUT2D eigenvalue weighted by Gasteiger charge is -2.37. The summed E-state index contributed by atoms with van der Waals surface area (Å²) in [5, 5.41) is 12.4. The predicted molar refractivity (Wildman–Crippen MR) is 91.7 cm³/mol. The van der Waals surface area contributed by atoms with Crippen LogP contribution in [0.4, 0.5) is 5.69 Å². The third kappa shape index (κ3) is 2.59. The Morgan fingerprint density at radius 1 is 1.00 bits per heavy atom. The summed E-state index contributed by atoms with van der Waals surface area (Å²) in [5.74, 6) is 0. The minimum Gasteiger partial charge on any atom is -0.365 e. The second kappa shape index (κ2) is 5.38. The molecule has 3 aromatic rings. The molecule has 0 aliphatic carbocycles. The number of hydrogen-bond acceptors (Lipinski definition) is 4. The van der Waals surface area contributed by atoms with Crippen molar-refractivity contribution in [1.29, 1.82) is 0 Å². The van der Waals surface area contributed by atoms with Crippen LogP contribution in [0.3, 0.4) is 0 Å². The SMILES string of the molecule is C[C@@H]1CN(c2cnn3cc(-c4cnn(C)c4)ccc23)C[C@@H](C)N1. The molecule has 1 aliphatic heterocycles. The molecule has 1 saturated heterocycles. The Hall–Kier alpha value is -2.34. The monoisotopic (exact) mass is 310 g/mol. The summed E-state index contributed by atoms with van der Waals surface area (Å²) in [5.41, 5.74) is 4.60. The van der Waals surface area contributed by atoms with Crippen molar-refractivity contribution in [3.8, 4) is 11.1 Å². The van der Waals surface area contributed by atoms with Crippen LogP contribution in [0.15, 0.2) is 36.9 Å². The van der Waals surface area contributed by atoms with E-state index >= 15 is 0 Å². The topological polar surface area (TPSA) is 50.4 Å². The van der Waals surface area contributed by atoms with E-state index < -0.39 is 0 Å². The van der Waals surface area contributed by atoms with Crippen LogP contribution >= 0.6 is 0 Å². The van der Waals surface area contributed by atoms with E-state index in [4.69, 9.17) is 0 Å². The summed E-state index contributed by atoms with van der Waals surface area (Å²) in [6.07, 6.45) is 7.95. The molecule has 0 spiro atoms. The fraction of sp³-hybridized carbons (Fsp3) is 0.412. The van der Waals surface area contributed by atoms with Gasteiger partial charge in [0.2, 0.25) is 0 Å². The lowest BCUT2D eigenvalue weighted by molar-refractivity contribution is 0.407. The Balaban J connectivity index is 1.70. The van der Waals surface area contributed by atoms with Gasteiger partial charge in [0.1, 0.15) is 0 Å². The fourth-order valence-corrected chi connectivity index (χ4v) is 3.48. The van der Waals surface area contributed by atoms with Crippen LogP contribution in [-0.4, -0.2) is 44.6 Å². The number of nitrogens with zero attached hydrogens (tertiary/aromatic N) is 5. The molecule has 3 aromatic heterocycles. The van der Waals surface area contributed by atoms with Crippen molar-refractivity contribution in [2.75, 3.05) is 18.0 Å². The number of nitrogens with one attached hydrogen (secondary N) is 1. The zero-order valence-electron chi connectivity index (χ0n) is 13.8. The number of aromatic nitrogens is 4. The normalized spacial score (nSPS) is 22.0. The maximum atomic E-state index is 4.56. The number of rotatable bonds is 2. The highest BCUT2D eigenvalue weighted by atomic mass is 15.3. The minimum absolute atomic E-state index is 0.489. The van der Waals surface area contributed by atoms with Crippen LogP contribution in [0, 0.1) is 0 Å². The molecular formula is C17H22N6. The van der Waals surface area contributed by atoms with Crippen LogP contribution in [0.5, 0.6) is 0 Å². The molecular weight excluding hydrogens is 288 g/mol. The summed E-state index contributed by atoms with van der Waals surface area (Å²) in [4.78, 5) is 2.43. The van der Waals surface area contributed by atoms with Gasteiger partial charge in [0.15, 0.2) is 0 Å². The van der Waals surface area contributed by atoms with Gasteiger partial charge in [0.25, 0.3) is 0 Å². The highest BCUT2D eigenvalue weighted by Gasteiger charge is 2.23. The summed E-state index contributed by atoms with van der Waals surface area (Å²) < 4.78 is 3.78. The number of pyridine rings is 1. The van der Waals surface area contributed by atoms with Gasteiger partial charge in [-0.25, -0.2) is 4.52 Å². The molecule has 0 saturated carbocycles. The van der Waals surface area contributed by atoms with Gasteiger partial charge in [-0.1, -0.05) is 6.07 Å². The van der Waals surface area contributed by atoms with Crippen molar-refractivity contribution in [2.45, 2.75) is 25.9 Å². The highest BCUT2D eigenvalue weighted by Crippen LogP contribution is 2.26. The molecule has 1 aliphatic rings. The fourth-order valence-electron chi connectivity index (χ4n) is 3.48. The first-order valence-corrected chi connectivity index (χ1v) is 8.07. The first kappa shape index (κ1) is 14.3. The number of hydrogen-bond donors (Lipinski definition) is 1. The molecule has 23 heavy (non-hydrogen) atoms. The van der Waals surface area contributed by atoms with Crippen molar-refractivity contribution in [3.05, 3.63) is 36.9 Å². The zero-order valence-corrected chi connectivity index (χ0v) is 13.8. The number of fused-ring (bicyclic) bond motifs is 1. The molecule has 4 heterocycles. The molecule has 2 atom stereocenters. The van der Waals surface area contributed by atoms with E-state index in [-0.39, 0.29) is 0 Å². The van der Waals surface area contributed by atoms with Gasteiger partial charge < -0.3 is 10.2 Å². The predicted octanol–water partition coefficient (Wildman–Crippen LogP) is 1.92. The largest absolute Gasteiger partial charge is 0.365 e. The van der Waals surface area contributed by atoms with Crippen molar-refractivity contribution >= 4 is 11.2 Å². The van der Waals surface area contributed by atoms with Gasteiger partial charge in [0, 0.05) is 55.7 Å². The zero-order chi connectivity index (χ0) is 16.0. The Morgan fingerprint density at radius 3 is 2.48 bits per heavy atom. The lowest BCUT2D eigenvalue weighted by atomic mass is 10.1. The first-order chi connectivity index (χ1) is 11.1. The van der Waals surface area contributed by atoms with Crippen LogP contribution in [0.25, 0.3) is 16.6 Å². The second-order valence-corrected chi connectivity index (χ2v) is 6.55. The quantitative estimate of drug-likeness (QED) is 0.786. The molecule has 6 nitrogen and oxygen atoms in total.